The minimum absolute atomic E-state index is 0.132. The van der Waals surface area contributed by atoms with E-state index < -0.39 is 12.0 Å². The van der Waals surface area contributed by atoms with Crippen molar-refractivity contribution in [3.63, 3.8) is 0 Å². The highest BCUT2D eigenvalue weighted by atomic mass is 32.2. The van der Waals surface area contributed by atoms with Gasteiger partial charge in [0.25, 0.3) is 0 Å². The summed E-state index contributed by atoms with van der Waals surface area (Å²) in [5.41, 5.74) is 6.19. The van der Waals surface area contributed by atoms with Gasteiger partial charge in [-0.05, 0) is 17.7 Å². The Labute approximate surface area is 108 Å². The highest BCUT2D eigenvalue weighted by Crippen LogP contribution is 2.15. The van der Waals surface area contributed by atoms with E-state index in [1.807, 2.05) is 0 Å². The van der Waals surface area contributed by atoms with Crippen LogP contribution in [0.1, 0.15) is 5.56 Å². The molecule has 0 radical (unpaired) electrons. The predicted octanol–water partition coefficient (Wildman–Crippen LogP) is 0.867. The maximum atomic E-state index is 10.5. The van der Waals surface area contributed by atoms with E-state index in [2.05, 4.69) is 5.16 Å². The van der Waals surface area contributed by atoms with Gasteiger partial charge in [-0.25, -0.2) is 0 Å². The highest BCUT2D eigenvalue weighted by molar-refractivity contribution is 8.14. The first-order chi connectivity index (χ1) is 8.52. The van der Waals surface area contributed by atoms with E-state index >= 15 is 0 Å². The minimum atomic E-state index is -1.09. The third-order valence-corrected chi connectivity index (χ3v) is 3.23. The van der Waals surface area contributed by atoms with Crippen LogP contribution in [-0.2, 0) is 11.2 Å². The Morgan fingerprint density at radius 3 is 2.50 bits per heavy atom. The van der Waals surface area contributed by atoms with E-state index in [1.54, 1.807) is 12.1 Å². The van der Waals surface area contributed by atoms with Gasteiger partial charge in [-0.3, -0.25) is 4.79 Å². The van der Waals surface area contributed by atoms with Gasteiger partial charge in [0, 0.05) is 12.2 Å². The molecule has 0 saturated carbocycles. The van der Waals surface area contributed by atoms with Crippen LogP contribution >= 0.6 is 11.8 Å². The standard InChI is InChI=1S/C11H14N2O4S/c12-9(11(15)16)6-18-10(13-17)5-7-1-3-8(14)4-2-7/h1-4,9,14,17H,5-6,12H2,(H,15,16). The molecule has 0 aliphatic heterocycles. The zero-order chi connectivity index (χ0) is 13.5. The molecule has 6 nitrogen and oxygen atoms in total. The molecule has 0 saturated heterocycles. The van der Waals surface area contributed by atoms with Crippen molar-refractivity contribution in [1.29, 1.82) is 0 Å². The van der Waals surface area contributed by atoms with Crippen LogP contribution in [0.2, 0.25) is 0 Å². The summed E-state index contributed by atoms with van der Waals surface area (Å²) < 4.78 is 0. The molecular formula is C11H14N2O4S. The quantitative estimate of drug-likeness (QED) is 0.273. The van der Waals surface area contributed by atoms with Crippen molar-refractivity contribution in [2.75, 3.05) is 5.75 Å². The zero-order valence-corrected chi connectivity index (χ0v) is 10.3. The van der Waals surface area contributed by atoms with Crippen LogP contribution in [-0.4, -0.2) is 38.2 Å². The number of rotatable bonds is 5. The maximum Gasteiger partial charge on any atom is 0.321 e. The number of carboxylic acid groups (broad SMARTS) is 1. The molecule has 1 aromatic rings. The molecule has 1 aromatic carbocycles. The summed E-state index contributed by atoms with van der Waals surface area (Å²) in [6, 6.07) is 5.44. The van der Waals surface area contributed by atoms with Gasteiger partial charge in [0.05, 0.1) is 0 Å². The summed E-state index contributed by atoms with van der Waals surface area (Å²) in [7, 11) is 0. The van der Waals surface area contributed by atoms with Gasteiger partial charge in [0.1, 0.15) is 16.8 Å². The zero-order valence-electron chi connectivity index (χ0n) is 9.48. The second-order valence-electron chi connectivity index (χ2n) is 3.59. The summed E-state index contributed by atoms with van der Waals surface area (Å²) >= 11 is 1.09. The third kappa shape index (κ3) is 4.64. The van der Waals surface area contributed by atoms with Gasteiger partial charge < -0.3 is 21.2 Å². The number of hydrogen-bond donors (Lipinski definition) is 4. The predicted molar refractivity (Wildman–Crippen MR) is 69.1 cm³/mol. The maximum absolute atomic E-state index is 10.5. The molecule has 0 spiro atoms. The van der Waals surface area contributed by atoms with E-state index in [4.69, 9.17) is 21.2 Å². The molecule has 0 amide bonds. The van der Waals surface area contributed by atoms with Crippen molar-refractivity contribution in [3.8, 4) is 5.75 Å². The molecule has 0 aromatic heterocycles. The molecule has 1 atom stereocenters. The number of aromatic hydroxyl groups is 1. The number of oxime groups is 1. The second-order valence-corrected chi connectivity index (χ2v) is 4.69. The fraction of sp³-hybridized carbons (Fsp3) is 0.273. The smallest absolute Gasteiger partial charge is 0.321 e. The van der Waals surface area contributed by atoms with E-state index in [9.17, 15) is 4.79 Å². The van der Waals surface area contributed by atoms with Crippen molar-refractivity contribution in [2.24, 2.45) is 10.9 Å². The average molecular weight is 270 g/mol. The number of carboxylic acids is 1. The van der Waals surface area contributed by atoms with E-state index in [1.165, 1.54) is 12.1 Å². The Morgan fingerprint density at radius 2 is 2.00 bits per heavy atom. The van der Waals surface area contributed by atoms with E-state index in [0.717, 1.165) is 17.3 Å². The molecule has 0 heterocycles. The highest BCUT2D eigenvalue weighted by Gasteiger charge is 2.13. The SMILES string of the molecule is NC(CSC(Cc1ccc(O)cc1)=NO)C(=O)O. The van der Waals surface area contributed by atoms with Crippen LogP contribution < -0.4 is 5.73 Å². The molecule has 0 aliphatic carbocycles. The number of phenolic OH excluding ortho intramolecular Hbond substituents is 1. The van der Waals surface area contributed by atoms with E-state index in [-0.39, 0.29) is 11.5 Å². The number of thioether (sulfide) groups is 1. The van der Waals surface area contributed by atoms with Crippen LogP contribution in [0.5, 0.6) is 5.75 Å². The summed E-state index contributed by atoms with van der Waals surface area (Å²) in [5, 5.41) is 30.0. The Balaban J connectivity index is 2.53. The van der Waals surface area contributed by atoms with Crippen LogP contribution in [0.25, 0.3) is 0 Å². The van der Waals surface area contributed by atoms with Gasteiger partial charge in [-0.1, -0.05) is 17.3 Å². The number of hydrogen-bond acceptors (Lipinski definition) is 6. The summed E-state index contributed by atoms with van der Waals surface area (Å²) in [6.07, 6.45) is 0.355. The summed E-state index contributed by atoms with van der Waals surface area (Å²) in [5.74, 6) is -0.807. The Kier molecular flexibility index (Phi) is 5.47. The normalized spacial score (nSPS) is 13.3. The Hall–Kier alpha value is -1.73. The Bertz CT molecular complexity index is 433. The summed E-state index contributed by atoms with van der Waals surface area (Å²) in [4.78, 5) is 10.5. The van der Waals surface area contributed by atoms with Crippen LogP contribution in [0.4, 0.5) is 0 Å². The minimum Gasteiger partial charge on any atom is -0.508 e. The lowest BCUT2D eigenvalue weighted by atomic mass is 10.1. The van der Waals surface area contributed by atoms with Crippen LogP contribution in [0, 0.1) is 0 Å². The molecule has 7 heteroatoms. The molecule has 1 rings (SSSR count). The summed E-state index contributed by atoms with van der Waals surface area (Å²) in [6.45, 7) is 0. The monoisotopic (exact) mass is 270 g/mol. The number of carbonyl (C=O) groups is 1. The van der Waals surface area contributed by atoms with Gasteiger partial charge in [0.2, 0.25) is 0 Å². The third-order valence-electron chi connectivity index (χ3n) is 2.15. The molecule has 0 fully saturated rings. The fourth-order valence-corrected chi connectivity index (χ4v) is 2.00. The topological polar surface area (TPSA) is 116 Å². The molecular weight excluding hydrogens is 256 g/mol. The fourth-order valence-electron chi connectivity index (χ4n) is 1.16. The molecule has 18 heavy (non-hydrogen) atoms. The number of nitrogens with two attached hydrogens (primary N) is 1. The van der Waals surface area contributed by atoms with Crippen molar-refractivity contribution in [3.05, 3.63) is 29.8 Å². The van der Waals surface area contributed by atoms with Crippen molar-refractivity contribution >= 4 is 22.8 Å². The molecule has 5 N–H and O–H groups in total. The lowest BCUT2D eigenvalue weighted by Crippen LogP contribution is -2.33. The molecule has 1 unspecified atom stereocenters. The van der Waals surface area contributed by atoms with Crippen LogP contribution in [0.15, 0.2) is 29.4 Å². The second kappa shape index (κ2) is 6.87. The number of nitrogens with zero attached hydrogens (tertiary/aromatic N) is 1. The van der Waals surface area contributed by atoms with Crippen molar-refractivity contribution in [1.82, 2.24) is 0 Å². The van der Waals surface area contributed by atoms with Crippen LogP contribution in [0.3, 0.4) is 0 Å². The van der Waals surface area contributed by atoms with Gasteiger partial charge in [0.15, 0.2) is 0 Å². The Morgan fingerprint density at radius 1 is 1.39 bits per heavy atom. The lowest BCUT2D eigenvalue weighted by molar-refractivity contribution is -0.137. The average Bonchev–Trinajstić information content (AvgIpc) is 2.36. The van der Waals surface area contributed by atoms with E-state index in [0.29, 0.717) is 11.5 Å². The molecule has 0 aliphatic rings. The first kappa shape index (κ1) is 14.3. The first-order valence-corrected chi connectivity index (χ1v) is 6.11. The molecule has 98 valence electrons. The van der Waals surface area contributed by atoms with Crippen molar-refractivity contribution < 1.29 is 20.2 Å². The number of benzene rings is 1. The number of phenols is 1. The van der Waals surface area contributed by atoms with Gasteiger partial charge in [-0.15, -0.1) is 11.8 Å². The largest absolute Gasteiger partial charge is 0.508 e. The van der Waals surface area contributed by atoms with Gasteiger partial charge in [-0.2, -0.15) is 0 Å². The number of aliphatic carboxylic acids is 1. The van der Waals surface area contributed by atoms with Crippen molar-refractivity contribution in [2.45, 2.75) is 12.5 Å². The molecule has 0 bridgehead atoms. The lowest BCUT2D eigenvalue weighted by Gasteiger charge is -2.07. The van der Waals surface area contributed by atoms with Gasteiger partial charge >= 0.3 is 5.97 Å². The first-order valence-electron chi connectivity index (χ1n) is 5.13.